The average Bonchev–Trinajstić information content (AvgIpc) is 2.92. The third-order valence-corrected chi connectivity index (χ3v) is 3.73. The van der Waals surface area contributed by atoms with Crippen molar-refractivity contribution in [3.8, 4) is 5.75 Å². The summed E-state index contributed by atoms with van der Waals surface area (Å²) in [6, 6.07) is 8.52. The Morgan fingerprint density at radius 3 is 3.00 bits per heavy atom. The molecule has 1 aliphatic heterocycles. The lowest BCUT2D eigenvalue weighted by Gasteiger charge is -2.20. The van der Waals surface area contributed by atoms with E-state index in [4.69, 9.17) is 4.74 Å². The number of hydrogen-bond donors (Lipinski definition) is 1. The number of benzene rings is 1. The zero-order valence-electron chi connectivity index (χ0n) is 13.1. The van der Waals surface area contributed by atoms with Gasteiger partial charge in [-0.25, -0.2) is 0 Å². The van der Waals surface area contributed by atoms with Gasteiger partial charge in [-0.2, -0.15) is 0 Å². The molecule has 0 saturated carbocycles. The van der Waals surface area contributed by atoms with Crippen LogP contribution in [-0.2, 0) is 0 Å². The van der Waals surface area contributed by atoms with Crippen LogP contribution in [0.5, 0.6) is 5.75 Å². The van der Waals surface area contributed by atoms with Crippen molar-refractivity contribution in [1.82, 2.24) is 5.32 Å². The van der Waals surface area contributed by atoms with Crippen molar-refractivity contribution in [2.75, 3.05) is 37.7 Å². The lowest BCUT2D eigenvalue weighted by molar-refractivity contribution is 0.271. The van der Waals surface area contributed by atoms with Crippen molar-refractivity contribution in [2.45, 2.75) is 27.2 Å². The van der Waals surface area contributed by atoms with Crippen LogP contribution in [-0.4, -0.2) is 32.8 Å². The van der Waals surface area contributed by atoms with E-state index in [-0.39, 0.29) is 0 Å². The predicted octanol–water partition coefficient (Wildman–Crippen LogP) is 3.16. The van der Waals surface area contributed by atoms with E-state index in [2.05, 4.69) is 55.3 Å². The fraction of sp³-hybridized carbons (Fsp3) is 0.647. The zero-order chi connectivity index (χ0) is 14.4. The molecule has 1 aliphatic rings. The Kier molecular flexibility index (Phi) is 5.72. The summed E-state index contributed by atoms with van der Waals surface area (Å²) in [5, 5.41) is 3.45. The number of hydrogen-bond acceptors (Lipinski definition) is 3. The molecule has 0 bridgehead atoms. The van der Waals surface area contributed by atoms with E-state index in [1.807, 2.05) is 0 Å². The largest absolute Gasteiger partial charge is 0.493 e. The molecule has 112 valence electrons. The lowest BCUT2D eigenvalue weighted by Crippen LogP contribution is -2.26. The quantitative estimate of drug-likeness (QED) is 0.828. The summed E-state index contributed by atoms with van der Waals surface area (Å²) in [4.78, 5) is 2.48. The van der Waals surface area contributed by atoms with Gasteiger partial charge in [-0.15, -0.1) is 0 Å². The molecule has 3 heteroatoms. The van der Waals surface area contributed by atoms with Crippen molar-refractivity contribution in [3.63, 3.8) is 0 Å². The van der Waals surface area contributed by atoms with E-state index in [1.54, 1.807) is 0 Å². The third kappa shape index (κ3) is 4.41. The number of ether oxygens (including phenoxy) is 1. The van der Waals surface area contributed by atoms with Gasteiger partial charge in [-0.05, 0) is 43.5 Å². The van der Waals surface area contributed by atoms with Crippen LogP contribution in [0.25, 0.3) is 0 Å². The summed E-state index contributed by atoms with van der Waals surface area (Å²) in [5.41, 5.74) is 1.30. The van der Waals surface area contributed by atoms with Gasteiger partial charge in [0.15, 0.2) is 0 Å². The van der Waals surface area contributed by atoms with E-state index in [1.165, 1.54) is 12.1 Å². The minimum atomic E-state index is 0.565. The normalized spacial score (nSPS) is 18.8. The van der Waals surface area contributed by atoms with E-state index in [9.17, 15) is 0 Å². The van der Waals surface area contributed by atoms with Gasteiger partial charge in [0.05, 0.1) is 6.61 Å². The number of nitrogens with one attached hydrogen (secondary N) is 1. The molecule has 2 rings (SSSR count). The number of anilines is 1. The average molecular weight is 276 g/mol. The highest BCUT2D eigenvalue weighted by Crippen LogP contribution is 2.26. The lowest BCUT2D eigenvalue weighted by atomic mass is 10.1. The van der Waals surface area contributed by atoms with Crippen molar-refractivity contribution in [1.29, 1.82) is 0 Å². The molecule has 1 unspecified atom stereocenters. The molecule has 0 radical (unpaired) electrons. The van der Waals surface area contributed by atoms with Crippen LogP contribution >= 0.6 is 0 Å². The van der Waals surface area contributed by atoms with Gasteiger partial charge in [0.25, 0.3) is 0 Å². The van der Waals surface area contributed by atoms with Crippen LogP contribution in [0.2, 0.25) is 0 Å². The molecule has 0 amide bonds. The maximum Gasteiger partial charge on any atom is 0.121 e. The molecule has 0 aromatic heterocycles. The van der Waals surface area contributed by atoms with Gasteiger partial charge in [-0.1, -0.05) is 26.8 Å². The smallest absolute Gasteiger partial charge is 0.121 e. The number of rotatable bonds is 7. The molecular weight excluding hydrogens is 248 g/mol. The summed E-state index contributed by atoms with van der Waals surface area (Å²) < 4.78 is 5.82. The molecule has 1 heterocycles. The van der Waals surface area contributed by atoms with Crippen LogP contribution in [0.15, 0.2) is 24.3 Å². The second-order valence-corrected chi connectivity index (χ2v) is 6.11. The molecule has 1 saturated heterocycles. The van der Waals surface area contributed by atoms with Crippen molar-refractivity contribution in [3.05, 3.63) is 24.3 Å². The highest BCUT2D eigenvalue weighted by atomic mass is 16.5. The first-order chi connectivity index (χ1) is 9.69. The molecule has 3 nitrogen and oxygen atoms in total. The standard InChI is InChI=1S/C17H28N2O/c1-4-18-11-15-8-9-19(12-15)16-6-5-7-17(10-16)20-13-14(2)3/h5-7,10,14-15,18H,4,8-9,11-13H2,1-3H3. The van der Waals surface area contributed by atoms with Gasteiger partial charge in [0, 0.05) is 24.8 Å². The summed E-state index contributed by atoms with van der Waals surface area (Å²) >= 11 is 0. The van der Waals surface area contributed by atoms with Crippen molar-refractivity contribution in [2.24, 2.45) is 11.8 Å². The van der Waals surface area contributed by atoms with Gasteiger partial charge in [0.1, 0.15) is 5.75 Å². The first-order valence-corrected chi connectivity index (χ1v) is 7.87. The highest BCUT2D eigenvalue weighted by molar-refractivity contribution is 5.51. The molecule has 0 spiro atoms. The van der Waals surface area contributed by atoms with Gasteiger partial charge in [0.2, 0.25) is 0 Å². The van der Waals surface area contributed by atoms with Gasteiger partial charge in [-0.3, -0.25) is 0 Å². The summed E-state index contributed by atoms with van der Waals surface area (Å²) in [5.74, 6) is 2.33. The maximum absolute atomic E-state index is 5.82. The fourth-order valence-corrected chi connectivity index (χ4v) is 2.62. The fourth-order valence-electron chi connectivity index (χ4n) is 2.62. The van der Waals surface area contributed by atoms with Crippen molar-refractivity contribution < 1.29 is 4.74 Å². The second kappa shape index (κ2) is 7.53. The predicted molar refractivity (Wildman–Crippen MR) is 85.6 cm³/mol. The molecule has 20 heavy (non-hydrogen) atoms. The van der Waals surface area contributed by atoms with Crippen LogP contribution in [0.4, 0.5) is 5.69 Å². The molecular formula is C17H28N2O. The number of nitrogens with zero attached hydrogens (tertiary/aromatic N) is 1. The molecule has 1 atom stereocenters. The maximum atomic E-state index is 5.82. The highest BCUT2D eigenvalue weighted by Gasteiger charge is 2.22. The Bertz CT molecular complexity index is 406. The van der Waals surface area contributed by atoms with Crippen LogP contribution < -0.4 is 15.0 Å². The Morgan fingerprint density at radius 2 is 2.25 bits per heavy atom. The summed E-state index contributed by atoms with van der Waals surface area (Å²) in [7, 11) is 0. The SMILES string of the molecule is CCNCC1CCN(c2cccc(OCC(C)C)c2)C1. The van der Waals surface area contributed by atoms with Crippen molar-refractivity contribution >= 4 is 5.69 Å². The minimum Gasteiger partial charge on any atom is -0.493 e. The van der Waals surface area contributed by atoms with E-state index < -0.39 is 0 Å². The van der Waals surface area contributed by atoms with Gasteiger partial charge >= 0.3 is 0 Å². The first kappa shape index (κ1) is 15.2. The first-order valence-electron chi connectivity index (χ1n) is 7.87. The van der Waals surface area contributed by atoms with Crippen LogP contribution in [0.3, 0.4) is 0 Å². The second-order valence-electron chi connectivity index (χ2n) is 6.11. The Labute approximate surface area is 123 Å². The zero-order valence-corrected chi connectivity index (χ0v) is 13.1. The Balaban J connectivity index is 1.91. The molecule has 0 aliphatic carbocycles. The topological polar surface area (TPSA) is 24.5 Å². The van der Waals surface area contributed by atoms with E-state index >= 15 is 0 Å². The van der Waals surface area contributed by atoms with Crippen LogP contribution in [0, 0.1) is 11.8 Å². The van der Waals surface area contributed by atoms with E-state index in [0.717, 1.165) is 44.5 Å². The third-order valence-electron chi connectivity index (χ3n) is 3.73. The molecule has 1 aromatic rings. The Morgan fingerprint density at radius 1 is 1.40 bits per heavy atom. The molecule has 1 fully saturated rings. The molecule has 1 N–H and O–H groups in total. The van der Waals surface area contributed by atoms with Gasteiger partial charge < -0.3 is 15.0 Å². The minimum absolute atomic E-state index is 0.565. The Hall–Kier alpha value is -1.22. The van der Waals surface area contributed by atoms with Crippen LogP contribution in [0.1, 0.15) is 27.2 Å². The summed E-state index contributed by atoms with van der Waals surface area (Å²) in [6.07, 6.45) is 1.28. The molecule has 1 aromatic carbocycles. The monoisotopic (exact) mass is 276 g/mol. The summed E-state index contributed by atoms with van der Waals surface area (Å²) in [6.45, 7) is 11.8. The van der Waals surface area contributed by atoms with E-state index in [0.29, 0.717) is 5.92 Å².